The van der Waals surface area contributed by atoms with Crippen LogP contribution in [0.25, 0.3) is 0 Å². The lowest BCUT2D eigenvalue weighted by atomic mass is 10.1. The van der Waals surface area contributed by atoms with Crippen molar-refractivity contribution in [2.24, 2.45) is 10.7 Å². The van der Waals surface area contributed by atoms with Gasteiger partial charge in [0.15, 0.2) is 5.96 Å². The number of hydrogen-bond donors (Lipinski definition) is 3. The zero-order valence-electron chi connectivity index (χ0n) is 14.5. The van der Waals surface area contributed by atoms with E-state index < -0.39 is 14.9 Å². The Kier molecular flexibility index (Phi) is 7.26. The van der Waals surface area contributed by atoms with Gasteiger partial charge in [-0.3, -0.25) is 15.1 Å². The lowest BCUT2D eigenvalue weighted by Gasteiger charge is -2.07. The van der Waals surface area contributed by atoms with Crippen LogP contribution in [0.5, 0.6) is 0 Å². The molecule has 0 spiro atoms. The van der Waals surface area contributed by atoms with Crippen molar-refractivity contribution in [1.82, 2.24) is 10.0 Å². The van der Waals surface area contributed by atoms with Gasteiger partial charge in [-0.15, -0.1) is 0 Å². The number of benzene rings is 2. The maximum Gasteiger partial charge on any atom is 0.270 e. The second kappa shape index (κ2) is 9.64. The van der Waals surface area contributed by atoms with Crippen molar-refractivity contribution in [3.05, 3.63) is 70.3 Å². The van der Waals surface area contributed by atoms with Crippen LogP contribution >= 0.6 is 0 Å². The van der Waals surface area contributed by atoms with Gasteiger partial charge in [0.1, 0.15) is 0 Å². The first-order chi connectivity index (χ1) is 12.9. The van der Waals surface area contributed by atoms with Gasteiger partial charge in [-0.1, -0.05) is 36.4 Å². The number of nitrogens with one attached hydrogen (secondary N) is 2. The highest BCUT2D eigenvalue weighted by Crippen LogP contribution is 2.16. The highest BCUT2D eigenvalue weighted by molar-refractivity contribution is 7.89. The van der Waals surface area contributed by atoms with Gasteiger partial charge in [0, 0.05) is 25.2 Å². The SMILES string of the molecule is NC(=NCCNS(=O)(=O)c1cccc([N+](=O)[O-])c1)NCCc1ccccc1. The van der Waals surface area contributed by atoms with E-state index >= 15 is 0 Å². The van der Waals surface area contributed by atoms with Crippen molar-refractivity contribution in [1.29, 1.82) is 0 Å². The summed E-state index contributed by atoms with van der Waals surface area (Å²) in [6.45, 7) is 0.767. The number of rotatable bonds is 9. The van der Waals surface area contributed by atoms with Crippen LogP contribution < -0.4 is 15.8 Å². The summed E-state index contributed by atoms with van der Waals surface area (Å²) >= 11 is 0. The van der Waals surface area contributed by atoms with Gasteiger partial charge >= 0.3 is 0 Å². The van der Waals surface area contributed by atoms with Crippen molar-refractivity contribution in [3.63, 3.8) is 0 Å². The first kappa shape index (κ1) is 20.3. The van der Waals surface area contributed by atoms with Crippen LogP contribution in [-0.4, -0.2) is 38.9 Å². The molecule has 27 heavy (non-hydrogen) atoms. The van der Waals surface area contributed by atoms with E-state index in [0.717, 1.165) is 12.5 Å². The van der Waals surface area contributed by atoms with E-state index in [4.69, 9.17) is 5.73 Å². The number of nitro benzene ring substituents is 1. The van der Waals surface area contributed by atoms with E-state index in [1.54, 1.807) is 0 Å². The predicted octanol–water partition coefficient (Wildman–Crippen LogP) is 1.02. The summed E-state index contributed by atoms with van der Waals surface area (Å²) in [6.07, 6.45) is 0.788. The Morgan fingerprint density at radius 1 is 1.11 bits per heavy atom. The summed E-state index contributed by atoms with van der Waals surface area (Å²) in [7, 11) is -3.85. The second-order valence-corrected chi connectivity index (χ2v) is 7.35. The Bertz CT molecular complexity index is 901. The maximum atomic E-state index is 12.2. The Labute approximate surface area is 157 Å². The fourth-order valence-electron chi connectivity index (χ4n) is 2.24. The summed E-state index contributed by atoms with van der Waals surface area (Å²) in [6, 6.07) is 14.7. The molecule has 10 heteroatoms. The number of aliphatic imine (C=N–C) groups is 1. The summed E-state index contributed by atoms with van der Waals surface area (Å²) < 4.78 is 26.6. The molecule has 2 aromatic rings. The van der Waals surface area contributed by atoms with Crippen LogP contribution in [0.3, 0.4) is 0 Å². The van der Waals surface area contributed by atoms with Gasteiger partial charge in [-0.05, 0) is 18.1 Å². The monoisotopic (exact) mass is 391 g/mol. The minimum atomic E-state index is -3.85. The summed E-state index contributed by atoms with van der Waals surface area (Å²) in [5, 5.41) is 13.7. The first-order valence-corrected chi connectivity index (χ1v) is 9.68. The van der Waals surface area contributed by atoms with E-state index in [2.05, 4.69) is 15.0 Å². The zero-order valence-corrected chi connectivity index (χ0v) is 15.4. The molecule has 2 rings (SSSR count). The zero-order chi connectivity index (χ0) is 19.7. The average Bonchev–Trinajstić information content (AvgIpc) is 2.66. The molecule has 0 saturated heterocycles. The molecular formula is C17H21N5O4S. The van der Waals surface area contributed by atoms with Crippen LogP contribution in [0.15, 0.2) is 64.5 Å². The first-order valence-electron chi connectivity index (χ1n) is 8.20. The van der Waals surface area contributed by atoms with Crippen LogP contribution in [0.4, 0.5) is 5.69 Å². The van der Waals surface area contributed by atoms with Gasteiger partial charge in [0.05, 0.1) is 16.4 Å². The quantitative estimate of drug-likeness (QED) is 0.192. The topological polar surface area (TPSA) is 140 Å². The van der Waals surface area contributed by atoms with Crippen molar-refractivity contribution >= 4 is 21.7 Å². The maximum absolute atomic E-state index is 12.2. The van der Waals surface area contributed by atoms with Crippen molar-refractivity contribution in [2.75, 3.05) is 19.6 Å². The molecule has 0 fully saturated rings. The molecule has 144 valence electrons. The summed E-state index contributed by atoms with van der Waals surface area (Å²) in [5.41, 5.74) is 6.62. The fraction of sp³-hybridized carbons (Fsp3) is 0.235. The van der Waals surface area contributed by atoms with E-state index in [-0.39, 0.29) is 29.6 Å². The van der Waals surface area contributed by atoms with Gasteiger partial charge in [-0.25, -0.2) is 13.1 Å². The molecule has 0 amide bonds. The molecule has 2 aromatic carbocycles. The fourth-order valence-corrected chi connectivity index (χ4v) is 3.30. The second-order valence-electron chi connectivity index (χ2n) is 5.58. The highest BCUT2D eigenvalue weighted by Gasteiger charge is 2.16. The minimum Gasteiger partial charge on any atom is -0.370 e. The predicted molar refractivity (Wildman–Crippen MR) is 103 cm³/mol. The molecule has 4 N–H and O–H groups in total. The number of hydrogen-bond acceptors (Lipinski definition) is 5. The van der Waals surface area contributed by atoms with E-state index in [1.807, 2.05) is 30.3 Å². The molecule has 0 atom stereocenters. The van der Waals surface area contributed by atoms with Gasteiger partial charge in [-0.2, -0.15) is 0 Å². The number of sulfonamides is 1. The molecule has 0 bridgehead atoms. The molecule has 0 radical (unpaired) electrons. The molecule has 0 aromatic heterocycles. The summed E-state index contributed by atoms with van der Waals surface area (Å²) in [5.74, 6) is 0.223. The number of nitro groups is 1. The Morgan fingerprint density at radius 2 is 1.85 bits per heavy atom. The van der Waals surface area contributed by atoms with Crippen molar-refractivity contribution in [2.45, 2.75) is 11.3 Å². The average molecular weight is 391 g/mol. The summed E-state index contributed by atoms with van der Waals surface area (Å²) in [4.78, 5) is 14.0. The molecule has 0 saturated carbocycles. The molecule has 0 aliphatic rings. The number of guanidine groups is 1. The normalized spacial score (nSPS) is 11.9. The molecule has 0 aliphatic carbocycles. The van der Waals surface area contributed by atoms with Crippen molar-refractivity contribution in [3.8, 4) is 0 Å². The Balaban J connectivity index is 1.78. The van der Waals surface area contributed by atoms with Gasteiger partial charge in [0.25, 0.3) is 5.69 Å². The number of nitrogens with zero attached hydrogens (tertiary/aromatic N) is 2. The number of nitrogens with two attached hydrogens (primary N) is 1. The standard InChI is InChI=1S/C17H21N5O4S/c18-17(19-10-9-14-5-2-1-3-6-14)20-11-12-21-27(25,26)16-8-4-7-15(13-16)22(23)24/h1-8,13,21H,9-12H2,(H3,18,19,20). The third-order valence-corrected chi connectivity index (χ3v) is 5.05. The van der Waals surface area contributed by atoms with Crippen molar-refractivity contribution < 1.29 is 13.3 Å². The molecule has 9 nitrogen and oxygen atoms in total. The van der Waals surface area contributed by atoms with Gasteiger partial charge < -0.3 is 11.1 Å². The number of non-ortho nitro benzene ring substituents is 1. The van der Waals surface area contributed by atoms with Crippen LogP contribution in [-0.2, 0) is 16.4 Å². The largest absolute Gasteiger partial charge is 0.370 e. The van der Waals surface area contributed by atoms with Gasteiger partial charge in [0.2, 0.25) is 10.0 Å². The lowest BCUT2D eigenvalue weighted by molar-refractivity contribution is -0.385. The Morgan fingerprint density at radius 3 is 2.56 bits per heavy atom. The van der Waals surface area contributed by atoms with Crippen LogP contribution in [0.2, 0.25) is 0 Å². The molecule has 0 aliphatic heterocycles. The molecule has 0 heterocycles. The smallest absolute Gasteiger partial charge is 0.270 e. The third-order valence-electron chi connectivity index (χ3n) is 3.59. The third kappa shape index (κ3) is 6.68. The van der Waals surface area contributed by atoms with Crippen LogP contribution in [0, 0.1) is 10.1 Å². The van der Waals surface area contributed by atoms with E-state index in [1.165, 1.54) is 23.8 Å². The molecule has 0 unspecified atom stereocenters. The highest BCUT2D eigenvalue weighted by atomic mass is 32.2. The molecular weight excluding hydrogens is 370 g/mol. The Hall–Kier alpha value is -2.98. The van der Waals surface area contributed by atoms with Crippen LogP contribution in [0.1, 0.15) is 5.56 Å². The van der Waals surface area contributed by atoms with E-state index in [0.29, 0.717) is 6.54 Å². The van der Waals surface area contributed by atoms with E-state index in [9.17, 15) is 18.5 Å². The lowest BCUT2D eigenvalue weighted by Crippen LogP contribution is -2.34. The minimum absolute atomic E-state index is 0.0199.